The van der Waals surface area contributed by atoms with Crippen molar-refractivity contribution in [1.82, 2.24) is 14.9 Å². The van der Waals surface area contributed by atoms with E-state index in [-0.39, 0.29) is 15.4 Å². The molecular formula is C18H24N4O4S2. The van der Waals surface area contributed by atoms with Crippen LogP contribution in [-0.4, -0.2) is 30.1 Å². The monoisotopic (exact) mass is 424 g/mol. The molecule has 0 fully saturated rings. The number of hydrogen-bond donors (Lipinski definition) is 2. The molecule has 0 unspecified atom stereocenters. The number of hydrogen-bond acceptors (Lipinski definition) is 7. The van der Waals surface area contributed by atoms with Gasteiger partial charge in [-0.1, -0.05) is 50.3 Å². The molecule has 0 bridgehead atoms. The van der Waals surface area contributed by atoms with Crippen LogP contribution in [0.4, 0.5) is 5.13 Å². The maximum Gasteiger partial charge on any atom is 0.270 e. The number of ether oxygens (including phenoxy) is 1. The lowest BCUT2D eigenvalue weighted by atomic mass is 9.90. The van der Waals surface area contributed by atoms with Gasteiger partial charge in [0.15, 0.2) is 0 Å². The Hall–Kier alpha value is -2.04. The molecule has 2 aromatic rings. The number of para-hydroxylation sites is 1. The Bertz CT molecular complexity index is 993. The standard InChI is InChI=1S/C18H24N4O4S2/c1-17(2,3)14(23)19-15-20-21-16(27-15)28(24,25)22-12-10-18(4,5)26-13-9-7-6-8-11(12)13/h6-9,12,22H,10H2,1-5H3,(H,19,20,23)/t12-/m1/s1. The van der Waals surface area contributed by atoms with E-state index in [2.05, 4.69) is 20.2 Å². The second-order valence-corrected chi connectivity index (χ2v) is 11.2. The molecule has 2 N–H and O–H groups in total. The Balaban J connectivity index is 1.82. The first-order valence-electron chi connectivity index (χ1n) is 8.83. The molecule has 10 heteroatoms. The Labute approximate surface area is 168 Å². The maximum absolute atomic E-state index is 12.9. The van der Waals surface area contributed by atoms with Crippen molar-refractivity contribution in [2.24, 2.45) is 5.41 Å². The van der Waals surface area contributed by atoms with Crippen LogP contribution in [0.5, 0.6) is 5.75 Å². The van der Waals surface area contributed by atoms with E-state index in [0.717, 1.165) is 16.9 Å². The highest BCUT2D eigenvalue weighted by molar-refractivity contribution is 7.91. The van der Waals surface area contributed by atoms with Gasteiger partial charge in [0, 0.05) is 17.4 Å². The van der Waals surface area contributed by atoms with Gasteiger partial charge in [0.25, 0.3) is 10.0 Å². The normalized spacial score (nSPS) is 18.8. The smallest absolute Gasteiger partial charge is 0.270 e. The zero-order chi connectivity index (χ0) is 20.7. The van der Waals surface area contributed by atoms with Gasteiger partial charge in [-0.2, -0.15) is 0 Å². The number of nitrogens with zero attached hydrogens (tertiary/aromatic N) is 2. The van der Waals surface area contributed by atoms with Gasteiger partial charge in [-0.3, -0.25) is 4.79 Å². The molecule has 1 aromatic heterocycles. The summed E-state index contributed by atoms with van der Waals surface area (Å²) in [6, 6.07) is 6.89. The minimum atomic E-state index is -3.92. The molecule has 0 aliphatic carbocycles. The molecule has 28 heavy (non-hydrogen) atoms. The van der Waals surface area contributed by atoms with Gasteiger partial charge in [-0.25, -0.2) is 13.1 Å². The Kier molecular flexibility index (Phi) is 5.24. The van der Waals surface area contributed by atoms with Crippen LogP contribution in [-0.2, 0) is 14.8 Å². The summed E-state index contributed by atoms with van der Waals surface area (Å²) in [7, 11) is -3.92. The van der Waals surface area contributed by atoms with Crippen molar-refractivity contribution in [3.8, 4) is 5.75 Å². The molecule has 0 spiro atoms. The van der Waals surface area contributed by atoms with Crippen molar-refractivity contribution in [2.45, 2.75) is 57.0 Å². The van der Waals surface area contributed by atoms with Crippen molar-refractivity contribution in [3.63, 3.8) is 0 Å². The third kappa shape index (κ3) is 4.50. The van der Waals surface area contributed by atoms with Gasteiger partial charge in [0.05, 0.1) is 6.04 Å². The average Bonchev–Trinajstić information content (AvgIpc) is 3.02. The zero-order valence-electron chi connectivity index (χ0n) is 16.4. The van der Waals surface area contributed by atoms with Gasteiger partial charge in [-0.15, -0.1) is 10.2 Å². The lowest BCUT2D eigenvalue weighted by molar-refractivity contribution is -0.123. The highest BCUT2D eigenvalue weighted by Gasteiger charge is 2.37. The third-order valence-electron chi connectivity index (χ3n) is 4.21. The highest BCUT2D eigenvalue weighted by atomic mass is 32.2. The summed E-state index contributed by atoms with van der Waals surface area (Å²) in [5.41, 5.74) is -0.370. The van der Waals surface area contributed by atoms with E-state index >= 15 is 0 Å². The first kappa shape index (κ1) is 20.7. The number of amides is 1. The fourth-order valence-corrected chi connectivity index (χ4v) is 4.92. The largest absolute Gasteiger partial charge is 0.487 e. The minimum Gasteiger partial charge on any atom is -0.487 e. The number of sulfonamides is 1. The molecule has 1 atom stereocenters. The second-order valence-electron chi connectivity index (χ2n) is 8.35. The number of nitrogens with one attached hydrogen (secondary N) is 2. The van der Waals surface area contributed by atoms with Gasteiger partial charge < -0.3 is 10.1 Å². The molecule has 1 aliphatic rings. The fourth-order valence-electron chi connectivity index (χ4n) is 2.80. The summed E-state index contributed by atoms with van der Waals surface area (Å²) in [6.07, 6.45) is 0.468. The second kappa shape index (κ2) is 7.09. The maximum atomic E-state index is 12.9. The topological polar surface area (TPSA) is 110 Å². The van der Waals surface area contributed by atoms with E-state index in [1.165, 1.54) is 0 Å². The number of carbonyl (C=O) groups is 1. The van der Waals surface area contributed by atoms with Crippen LogP contribution in [0.1, 0.15) is 52.6 Å². The average molecular weight is 425 g/mol. The van der Waals surface area contributed by atoms with Crippen LogP contribution in [0.3, 0.4) is 0 Å². The summed E-state index contributed by atoms with van der Waals surface area (Å²) in [4.78, 5) is 12.1. The summed E-state index contributed by atoms with van der Waals surface area (Å²) < 4.78 is 34.2. The molecule has 0 saturated carbocycles. The molecule has 152 valence electrons. The van der Waals surface area contributed by atoms with Crippen molar-refractivity contribution in [3.05, 3.63) is 29.8 Å². The molecule has 1 aliphatic heterocycles. The van der Waals surface area contributed by atoms with Gasteiger partial charge in [0.2, 0.25) is 15.4 Å². The number of anilines is 1. The van der Waals surface area contributed by atoms with Crippen molar-refractivity contribution in [2.75, 3.05) is 5.32 Å². The molecule has 8 nitrogen and oxygen atoms in total. The van der Waals surface area contributed by atoms with E-state index in [4.69, 9.17) is 4.74 Å². The molecule has 0 radical (unpaired) electrons. The minimum absolute atomic E-state index is 0.146. The number of rotatable bonds is 4. The van der Waals surface area contributed by atoms with Crippen LogP contribution in [0.2, 0.25) is 0 Å². The SMILES string of the molecule is CC1(C)C[C@@H](NS(=O)(=O)c2nnc(NC(=O)C(C)(C)C)s2)c2ccccc2O1. The molecule has 1 amide bonds. The van der Waals surface area contributed by atoms with E-state index < -0.39 is 27.1 Å². The first-order valence-corrected chi connectivity index (χ1v) is 11.1. The van der Waals surface area contributed by atoms with Gasteiger partial charge in [0.1, 0.15) is 11.4 Å². The molecule has 1 aromatic carbocycles. The third-order valence-corrected chi connectivity index (χ3v) is 6.89. The summed E-state index contributed by atoms with van der Waals surface area (Å²) >= 11 is 0.818. The van der Waals surface area contributed by atoms with Crippen LogP contribution in [0, 0.1) is 5.41 Å². The van der Waals surface area contributed by atoms with E-state index in [0.29, 0.717) is 12.2 Å². The lowest BCUT2D eigenvalue weighted by Gasteiger charge is -2.37. The van der Waals surface area contributed by atoms with E-state index in [9.17, 15) is 13.2 Å². The van der Waals surface area contributed by atoms with E-state index in [1.54, 1.807) is 20.8 Å². The van der Waals surface area contributed by atoms with Crippen LogP contribution in [0.25, 0.3) is 0 Å². The Morgan fingerprint density at radius 3 is 2.61 bits per heavy atom. The zero-order valence-corrected chi connectivity index (χ0v) is 18.1. The van der Waals surface area contributed by atoms with Gasteiger partial charge >= 0.3 is 0 Å². The molecule has 0 saturated heterocycles. The molecule has 3 rings (SSSR count). The number of fused-ring (bicyclic) bond motifs is 1. The number of benzene rings is 1. The predicted octanol–water partition coefficient (Wildman–Crippen LogP) is 3.10. The molecule has 2 heterocycles. The molecular weight excluding hydrogens is 400 g/mol. The predicted molar refractivity (Wildman–Crippen MR) is 107 cm³/mol. The number of carbonyl (C=O) groups excluding carboxylic acids is 1. The van der Waals surface area contributed by atoms with Crippen LogP contribution in [0.15, 0.2) is 28.6 Å². The Morgan fingerprint density at radius 2 is 1.93 bits per heavy atom. The van der Waals surface area contributed by atoms with Crippen LogP contribution >= 0.6 is 11.3 Å². The first-order chi connectivity index (χ1) is 12.9. The van der Waals surface area contributed by atoms with Crippen molar-refractivity contribution >= 4 is 32.4 Å². The fraction of sp³-hybridized carbons (Fsp3) is 0.500. The lowest BCUT2D eigenvalue weighted by Crippen LogP contribution is -2.41. The summed E-state index contributed by atoms with van der Waals surface area (Å²) in [6.45, 7) is 9.09. The quantitative estimate of drug-likeness (QED) is 0.730. The number of aromatic nitrogens is 2. The van der Waals surface area contributed by atoms with Gasteiger partial charge in [-0.05, 0) is 19.9 Å². The van der Waals surface area contributed by atoms with E-state index in [1.807, 2.05) is 38.1 Å². The summed E-state index contributed by atoms with van der Waals surface area (Å²) in [5, 5.41) is 10.3. The van der Waals surface area contributed by atoms with Crippen molar-refractivity contribution < 1.29 is 17.9 Å². The summed E-state index contributed by atoms with van der Waals surface area (Å²) in [5.74, 6) is 0.391. The van der Waals surface area contributed by atoms with Crippen molar-refractivity contribution in [1.29, 1.82) is 0 Å². The Morgan fingerprint density at radius 1 is 1.25 bits per heavy atom. The van der Waals surface area contributed by atoms with Crippen LogP contribution < -0.4 is 14.8 Å². The highest BCUT2D eigenvalue weighted by Crippen LogP contribution is 2.40.